The van der Waals surface area contributed by atoms with E-state index in [1.54, 1.807) is 22.3 Å². The molecule has 1 N–H and O–H groups in total. The second kappa shape index (κ2) is 8.22. The average molecular weight is 409 g/mol. The molecule has 4 rings (SSSR count). The van der Waals surface area contributed by atoms with Gasteiger partial charge in [0.05, 0.1) is 17.6 Å². The van der Waals surface area contributed by atoms with Gasteiger partial charge in [0, 0.05) is 10.6 Å². The van der Waals surface area contributed by atoms with Crippen LogP contribution in [-0.4, -0.2) is 48.2 Å². The molecule has 0 aliphatic rings. The van der Waals surface area contributed by atoms with Crippen molar-refractivity contribution < 1.29 is 0 Å². The number of hydrogen-bond donors (Lipinski definition) is 1. The lowest BCUT2D eigenvalue weighted by atomic mass is 10.2. The topological polar surface area (TPSA) is 84.7 Å². The minimum Gasteiger partial charge on any atom is -0.340 e. The Hall–Kier alpha value is -2.91. The van der Waals surface area contributed by atoms with Gasteiger partial charge in [-0.2, -0.15) is 0 Å². The third-order valence-electron chi connectivity index (χ3n) is 5.06. The number of nitrogens with one attached hydrogen (secondary N) is 1. The van der Waals surface area contributed by atoms with E-state index in [-0.39, 0.29) is 0 Å². The number of tetrazole rings is 1. The molecule has 0 saturated carbocycles. The fourth-order valence-corrected chi connectivity index (χ4v) is 4.29. The Morgan fingerprint density at radius 1 is 1.14 bits per heavy atom. The summed E-state index contributed by atoms with van der Waals surface area (Å²) < 4.78 is 1.63. The van der Waals surface area contributed by atoms with Crippen LogP contribution in [0.25, 0.3) is 15.9 Å². The molecule has 0 atom stereocenters. The number of thiophene rings is 1. The largest absolute Gasteiger partial charge is 0.340 e. The van der Waals surface area contributed by atoms with E-state index < -0.39 is 0 Å². The fourth-order valence-electron chi connectivity index (χ4n) is 3.24. The van der Waals surface area contributed by atoms with Crippen molar-refractivity contribution in [1.82, 2.24) is 35.1 Å². The summed E-state index contributed by atoms with van der Waals surface area (Å²) in [4.78, 5) is 14.3. The van der Waals surface area contributed by atoms with Crippen LogP contribution in [-0.2, 0) is 6.54 Å². The van der Waals surface area contributed by atoms with Crippen molar-refractivity contribution in [3.8, 4) is 5.69 Å². The molecule has 8 nitrogen and oxygen atoms in total. The minimum atomic E-state index is 0.734. The third kappa shape index (κ3) is 3.96. The van der Waals surface area contributed by atoms with E-state index in [1.165, 1.54) is 10.4 Å². The molecule has 0 bridgehead atoms. The number of rotatable bonds is 7. The van der Waals surface area contributed by atoms with Gasteiger partial charge >= 0.3 is 0 Å². The van der Waals surface area contributed by atoms with Gasteiger partial charge in [0.1, 0.15) is 22.8 Å². The SMILES string of the molecule is CCN(CC)Cc1nc(Nc2cccc(-n3cnnn3)c2)c2c(C)c(C)sc2n1. The van der Waals surface area contributed by atoms with Gasteiger partial charge in [0.2, 0.25) is 0 Å². The van der Waals surface area contributed by atoms with Crippen molar-refractivity contribution in [2.45, 2.75) is 34.2 Å². The molecule has 4 aromatic rings. The normalized spacial score (nSPS) is 11.5. The van der Waals surface area contributed by atoms with Gasteiger partial charge in [-0.3, -0.25) is 4.90 Å². The molecule has 3 heterocycles. The molecule has 0 unspecified atom stereocenters. The van der Waals surface area contributed by atoms with Crippen LogP contribution in [0.1, 0.15) is 30.1 Å². The van der Waals surface area contributed by atoms with Crippen LogP contribution in [0.2, 0.25) is 0 Å². The fraction of sp³-hybridized carbons (Fsp3) is 0.350. The van der Waals surface area contributed by atoms with Crippen LogP contribution in [0.5, 0.6) is 0 Å². The molecule has 0 saturated heterocycles. The van der Waals surface area contributed by atoms with Gasteiger partial charge < -0.3 is 5.32 Å². The standard InChI is InChI=1S/C20H24N8S/c1-5-27(6-2)11-17-23-19(18-13(3)14(4)29-20(18)24-17)22-15-8-7-9-16(10-15)28-12-21-25-26-28/h7-10,12H,5-6,11H2,1-4H3,(H,22,23,24). The van der Waals surface area contributed by atoms with E-state index in [4.69, 9.17) is 9.97 Å². The van der Waals surface area contributed by atoms with Crippen molar-refractivity contribution in [2.24, 2.45) is 0 Å². The summed E-state index contributed by atoms with van der Waals surface area (Å²) in [6, 6.07) is 7.95. The molecule has 0 radical (unpaired) electrons. The zero-order valence-corrected chi connectivity index (χ0v) is 17.9. The molecule has 29 heavy (non-hydrogen) atoms. The maximum Gasteiger partial charge on any atom is 0.146 e. The molecular weight excluding hydrogens is 384 g/mol. The lowest BCUT2D eigenvalue weighted by molar-refractivity contribution is 0.289. The molecule has 0 fully saturated rings. The maximum atomic E-state index is 4.89. The summed E-state index contributed by atoms with van der Waals surface area (Å²) >= 11 is 1.72. The highest BCUT2D eigenvalue weighted by Crippen LogP contribution is 2.34. The highest BCUT2D eigenvalue weighted by molar-refractivity contribution is 7.18. The first kappa shape index (κ1) is 19.4. The van der Waals surface area contributed by atoms with Crippen molar-refractivity contribution in [3.05, 3.63) is 46.9 Å². The van der Waals surface area contributed by atoms with Crippen LogP contribution in [0.3, 0.4) is 0 Å². The van der Waals surface area contributed by atoms with E-state index in [0.717, 1.165) is 52.9 Å². The number of aryl methyl sites for hydroxylation is 2. The molecule has 9 heteroatoms. The van der Waals surface area contributed by atoms with E-state index in [9.17, 15) is 0 Å². The van der Waals surface area contributed by atoms with Crippen LogP contribution in [0.15, 0.2) is 30.6 Å². The third-order valence-corrected chi connectivity index (χ3v) is 6.16. The van der Waals surface area contributed by atoms with Crippen LogP contribution < -0.4 is 5.32 Å². The Morgan fingerprint density at radius 3 is 2.69 bits per heavy atom. The molecule has 0 aliphatic heterocycles. The Kier molecular flexibility index (Phi) is 5.50. The van der Waals surface area contributed by atoms with Crippen molar-refractivity contribution >= 4 is 33.1 Å². The monoisotopic (exact) mass is 408 g/mol. The smallest absolute Gasteiger partial charge is 0.146 e. The van der Waals surface area contributed by atoms with E-state index in [2.05, 4.69) is 53.4 Å². The van der Waals surface area contributed by atoms with Gasteiger partial charge in [-0.1, -0.05) is 19.9 Å². The summed E-state index contributed by atoms with van der Waals surface area (Å²) in [7, 11) is 0. The molecule has 3 aromatic heterocycles. The first-order valence-electron chi connectivity index (χ1n) is 9.68. The number of hydrogen-bond acceptors (Lipinski definition) is 8. The Balaban J connectivity index is 1.75. The van der Waals surface area contributed by atoms with Crippen LogP contribution in [0.4, 0.5) is 11.5 Å². The number of anilines is 2. The van der Waals surface area contributed by atoms with Crippen LogP contribution >= 0.6 is 11.3 Å². The number of aromatic nitrogens is 6. The number of benzene rings is 1. The minimum absolute atomic E-state index is 0.734. The lowest BCUT2D eigenvalue weighted by Crippen LogP contribution is -2.23. The molecule has 0 amide bonds. The summed E-state index contributed by atoms with van der Waals surface area (Å²) in [5.41, 5.74) is 3.03. The highest BCUT2D eigenvalue weighted by Gasteiger charge is 2.16. The Labute approximate surface area is 173 Å². The van der Waals surface area contributed by atoms with Crippen molar-refractivity contribution in [3.63, 3.8) is 0 Å². The average Bonchev–Trinajstić information content (AvgIpc) is 3.35. The van der Waals surface area contributed by atoms with Gasteiger partial charge in [0.25, 0.3) is 0 Å². The maximum absolute atomic E-state index is 4.89. The lowest BCUT2D eigenvalue weighted by Gasteiger charge is -2.17. The first-order chi connectivity index (χ1) is 14.1. The van der Waals surface area contributed by atoms with Gasteiger partial charge in [-0.25, -0.2) is 14.6 Å². The first-order valence-corrected chi connectivity index (χ1v) is 10.5. The van der Waals surface area contributed by atoms with Gasteiger partial charge in [-0.15, -0.1) is 16.4 Å². The number of nitrogens with zero attached hydrogens (tertiary/aromatic N) is 7. The predicted molar refractivity (Wildman–Crippen MR) is 116 cm³/mol. The summed E-state index contributed by atoms with van der Waals surface area (Å²) in [5, 5.41) is 16.0. The molecule has 0 spiro atoms. The second-order valence-corrected chi connectivity index (χ2v) is 8.05. The summed E-state index contributed by atoms with van der Waals surface area (Å²) in [6.45, 7) is 11.3. The zero-order valence-electron chi connectivity index (χ0n) is 17.0. The highest BCUT2D eigenvalue weighted by atomic mass is 32.1. The second-order valence-electron chi connectivity index (χ2n) is 6.84. The molecular formula is C20H24N8S. The zero-order chi connectivity index (χ0) is 20.4. The molecule has 150 valence electrons. The van der Waals surface area contributed by atoms with Crippen LogP contribution in [0, 0.1) is 13.8 Å². The quantitative estimate of drug-likeness (QED) is 0.497. The summed E-state index contributed by atoms with van der Waals surface area (Å²) in [5.74, 6) is 1.68. The number of fused-ring (bicyclic) bond motifs is 1. The Morgan fingerprint density at radius 2 is 1.97 bits per heavy atom. The molecule has 0 aliphatic carbocycles. The Bertz CT molecular complexity index is 1120. The summed E-state index contributed by atoms with van der Waals surface area (Å²) in [6.07, 6.45) is 1.58. The van der Waals surface area contributed by atoms with Gasteiger partial charge in [0.15, 0.2) is 0 Å². The van der Waals surface area contributed by atoms with Crippen molar-refractivity contribution in [1.29, 1.82) is 0 Å². The molecule has 1 aromatic carbocycles. The van der Waals surface area contributed by atoms with E-state index in [1.807, 2.05) is 24.3 Å². The van der Waals surface area contributed by atoms with Crippen molar-refractivity contribution in [2.75, 3.05) is 18.4 Å². The van der Waals surface area contributed by atoms with E-state index in [0.29, 0.717) is 0 Å². The predicted octanol–water partition coefficient (Wildman–Crippen LogP) is 3.87. The van der Waals surface area contributed by atoms with Gasteiger partial charge in [-0.05, 0) is 61.1 Å². The van der Waals surface area contributed by atoms with E-state index >= 15 is 0 Å².